The van der Waals surface area contributed by atoms with Gasteiger partial charge in [0.1, 0.15) is 11.5 Å². The van der Waals surface area contributed by atoms with E-state index >= 15 is 0 Å². The molecular formula is C19H21NO6. The lowest BCUT2D eigenvalue weighted by atomic mass is 9.88. The summed E-state index contributed by atoms with van der Waals surface area (Å²) in [6, 6.07) is 8.91. The lowest BCUT2D eigenvalue weighted by molar-refractivity contribution is -0.153. The fourth-order valence-electron chi connectivity index (χ4n) is 2.56. The van der Waals surface area contributed by atoms with Gasteiger partial charge < -0.3 is 14.7 Å². The molecule has 1 aliphatic heterocycles. The molecule has 26 heavy (non-hydrogen) atoms. The molecule has 0 bridgehead atoms. The molecular weight excluding hydrogens is 338 g/mol. The summed E-state index contributed by atoms with van der Waals surface area (Å²) in [5.74, 6) is -4.96. The molecule has 1 aromatic carbocycles. The van der Waals surface area contributed by atoms with Crippen molar-refractivity contribution in [2.45, 2.75) is 26.4 Å². The number of amides is 1. The molecule has 1 saturated heterocycles. The number of piperidine rings is 1. The summed E-state index contributed by atoms with van der Waals surface area (Å²) >= 11 is 0. The second-order valence-electron chi connectivity index (χ2n) is 7.03. The average Bonchev–Trinajstić information content (AvgIpc) is 2.55. The zero-order chi connectivity index (χ0) is 19.5. The number of Topliss-reactive ketones (excluding diaryl/α,β-unsaturated/α-hetero) is 2. The quantitative estimate of drug-likeness (QED) is 0.504. The van der Waals surface area contributed by atoms with Crippen LogP contribution in [0.1, 0.15) is 26.3 Å². The second-order valence-corrected chi connectivity index (χ2v) is 7.03. The minimum Gasteiger partial charge on any atom is -0.475 e. The van der Waals surface area contributed by atoms with E-state index in [-0.39, 0.29) is 18.7 Å². The van der Waals surface area contributed by atoms with Crippen LogP contribution in [0.5, 0.6) is 0 Å². The SMILES string of the molecule is CC(C)(C)OC(=O)N1C/C(=C\c2ccccc2)C(=O)C(C(=O)C(=O)O)C1. The van der Waals surface area contributed by atoms with Crippen LogP contribution in [0.15, 0.2) is 35.9 Å². The Morgan fingerprint density at radius 1 is 1.19 bits per heavy atom. The highest BCUT2D eigenvalue weighted by Gasteiger charge is 2.41. The first-order valence-electron chi connectivity index (χ1n) is 8.13. The number of ketones is 2. The van der Waals surface area contributed by atoms with Gasteiger partial charge in [-0.1, -0.05) is 30.3 Å². The number of carbonyl (C=O) groups excluding carboxylic acids is 3. The smallest absolute Gasteiger partial charge is 0.410 e. The topological polar surface area (TPSA) is 101 Å². The molecule has 1 aromatic rings. The van der Waals surface area contributed by atoms with E-state index < -0.39 is 35.1 Å². The Morgan fingerprint density at radius 2 is 1.81 bits per heavy atom. The van der Waals surface area contributed by atoms with Crippen molar-refractivity contribution in [1.82, 2.24) is 4.90 Å². The fraction of sp³-hybridized carbons (Fsp3) is 0.368. The van der Waals surface area contributed by atoms with Gasteiger partial charge in [0, 0.05) is 12.1 Å². The van der Waals surface area contributed by atoms with E-state index in [1.807, 2.05) is 6.07 Å². The first-order valence-corrected chi connectivity index (χ1v) is 8.13. The molecule has 1 amide bonds. The summed E-state index contributed by atoms with van der Waals surface area (Å²) in [5.41, 5.74) is 0.144. The van der Waals surface area contributed by atoms with Crippen LogP contribution in [0, 0.1) is 5.92 Å². The molecule has 1 atom stereocenters. The fourth-order valence-corrected chi connectivity index (χ4v) is 2.56. The summed E-state index contributed by atoms with van der Waals surface area (Å²) < 4.78 is 5.29. The van der Waals surface area contributed by atoms with Crippen LogP contribution in [0.2, 0.25) is 0 Å². The Labute approximate surface area is 151 Å². The number of hydrogen-bond acceptors (Lipinski definition) is 5. The number of carboxylic acids is 1. The summed E-state index contributed by atoms with van der Waals surface area (Å²) in [7, 11) is 0. The van der Waals surface area contributed by atoms with Gasteiger partial charge in [-0.3, -0.25) is 9.59 Å². The highest BCUT2D eigenvalue weighted by Crippen LogP contribution is 2.23. The van der Waals surface area contributed by atoms with Crippen molar-refractivity contribution in [2.24, 2.45) is 5.92 Å². The van der Waals surface area contributed by atoms with E-state index in [0.29, 0.717) is 5.56 Å². The molecule has 1 unspecified atom stereocenters. The van der Waals surface area contributed by atoms with Crippen LogP contribution in [0.4, 0.5) is 4.79 Å². The number of rotatable bonds is 3. The van der Waals surface area contributed by atoms with E-state index in [4.69, 9.17) is 9.84 Å². The van der Waals surface area contributed by atoms with Crippen molar-refractivity contribution in [1.29, 1.82) is 0 Å². The van der Waals surface area contributed by atoms with Crippen molar-refractivity contribution >= 4 is 29.7 Å². The van der Waals surface area contributed by atoms with Gasteiger partial charge in [0.05, 0.1) is 6.54 Å². The summed E-state index contributed by atoms with van der Waals surface area (Å²) in [4.78, 5) is 49.1. The number of carbonyl (C=O) groups is 4. The van der Waals surface area contributed by atoms with Crippen molar-refractivity contribution in [2.75, 3.05) is 13.1 Å². The Kier molecular flexibility index (Phi) is 5.59. The standard InChI is InChI=1S/C19H21NO6/c1-19(2,3)26-18(25)20-10-13(9-12-7-5-4-6-8-12)15(21)14(11-20)16(22)17(23)24/h4-9,14H,10-11H2,1-3H3,(H,23,24)/b13-9+. The Bertz CT molecular complexity index is 760. The Hall–Kier alpha value is -2.96. The van der Waals surface area contributed by atoms with Crippen LogP contribution < -0.4 is 0 Å². The predicted molar refractivity (Wildman–Crippen MR) is 93.4 cm³/mol. The zero-order valence-corrected chi connectivity index (χ0v) is 14.9. The number of likely N-dealkylation sites (tertiary alicyclic amines) is 1. The van der Waals surface area contributed by atoms with Gasteiger partial charge in [0.2, 0.25) is 0 Å². The first kappa shape index (κ1) is 19.4. The average molecular weight is 359 g/mol. The van der Waals surface area contributed by atoms with Gasteiger partial charge in [-0.15, -0.1) is 0 Å². The molecule has 0 spiro atoms. The van der Waals surface area contributed by atoms with E-state index in [1.54, 1.807) is 51.1 Å². The van der Waals surface area contributed by atoms with Crippen molar-refractivity contribution in [3.8, 4) is 0 Å². The Balaban J connectivity index is 2.36. The highest BCUT2D eigenvalue weighted by atomic mass is 16.6. The molecule has 0 aliphatic carbocycles. The third-order valence-corrected chi connectivity index (χ3v) is 3.72. The third-order valence-electron chi connectivity index (χ3n) is 3.72. The van der Waals surface area contributed by atoms with Gasteiger partial charge in [0.25, 0.3) is 5.78 Å². The maximum atomic E-state index is 12.6. The second kappa shape index (κ2) is 7.51. The molecule has 1 fully saturated rings. The lowest BCUT2D eigenvalue weighted by Gasteiger charge is -2.33. The molecule has 0 saturated carbocycles. The molecule has 0 radical (unpaired) electrons. The number of benzene rings is 1. The molecule has 1 heterocycles. The molecule has 2 rings (SSSR count). The van der Waals surface area contributed by atoms with Crippen LogP contribution in [-0.4, -0.2) is 52.3 Å². The van der Waals surface area contributed by atoms with Crippen molar-refractivity contribution in [3.63, 3.8) is 0 Å². The van der Waals surface area contributed by atoms with Crippen LogP contribution in [0.25, 0.3) is 6.08 Å². The number of nitrogens with zero attached hydrogens (tertiary/aromatic N) is 1. The van der Waals surface area contributed by atoms with Gasteiger partial charge >= 0.3 is 12.1 Å². The minimum absolute atomic E-state index is 0.0496. The molecule has 138 valence electrons. The van der Waals surface area contributed by atoms with Crippen LogP contribution in [0.3, 0.4) is 0 Å². The minimum atomic E-state index is -1.70. The number of hydrogen-bond donors (Lipinski definition) is 1. The van der Waals surface area contributed by atoms with E-state index in [2.05, 4.69) is 0 Å². The summed E-state index contributed by atoms with van der Waals surface area (Å²) in [6.07, 6.45) is 0.855. The highest BCUT2D eigenvalue weighted by molar-refractivity contribution is 6.39. The molecule has 1 aliphatic rings. The van der Waals surface area contributed by atoms with E-state index in [1.165, 1.54) is 4.90 Å². The Morgan fingerprint density at radius 3 is 2.35 bits per heavy atom. The first-order chi connectivity index (χ1) is 12.1. The van der Waals surface area contributed by atoms with Crippen LogP contribution >= 0.6 is 0 Å². The zero-order valence-electron chi connectivity index (χ0n) is 14.9. The van der Waals surface area contributed by atoms with Crippen molar-refractivity contribution in [3.05, 3.63) is 41.5 Å². The third kappa shape index (κ3) is 4.78. The normalized spacial score (nSPS) is 19.3. The summed E-state index contributed by atoms with van der Waals surface area (Å²) in [5, 5.41) is 8.98. The van der Waals surface area contributed by atoms with Gasteiger partial charge in [0.15, 0.2) is 5.78 Å². The molecule has 7 nitrogen and oxygen atoms in total. The predicted octanol–water partition coefficient (Wildman–Crippen LogP) is 2.16. The summed E-state index contributed by atoms with van der Waals surface area (Å²) in [6.45, 7) is 4.72. The monoisotopic (exact) mass is 359 g/mol. The number of aliphatic carboxylic acids is 1. The van der Waals surface area contributed by atoms with E-state index in [0.717, 1.165) is 0 Å². The van der Waals surface area contributed by atoms with Gasteiger partial charge in [-0.25, -0.2) is 9.59 Å². The lowest BCUT2D eigenvalue weighted by Crippen LogP contribution is -2.50. The maximum Gasteiger partial charge on any atom is 0.410 e. The van der Waals surface area contributed by atoms with Gasteiger partial charge in [-0.05, 0) is 32.4 Å². The van der Waals surface area contributed by atoms with Crippen molar-refractivity contribution < 1.29 is 29.0 Å². The molecule has 7 heteroatoms. The largest absolute Gasteiger partial charge is 0.475 e. The maximum absolute atomic E-state index is 12.6. The molecule has 0 aromatic heterocycles. The number of carboxylic acid groups (broad SMARTS) is 1. The number of ether oxygens (including phenoxy) is 1. The molecule has 1 N–H and O–H groups in total. The van der Waals surface area contributed by atoms with Gasteiger partial charge in [-0.2, -0.15) is 0 Å². The van der Waals surface area contributed by atoms with E-state index in [9.17, 15) is 19.2 Å². The van der Waals surface area contributed by atoms with Crippen LogP contribution in [-0.2, 0) is 19.1 Å².